The van der Waals surface area contributed by atoms with Crippen LogP contribution in [0.2, 0.25) is 0 Å². The van der Waals surface area contributed by atoms with Crippen LogP contribution in [0.4, 0.5) is 0 Å². The Morgan fingerprint density at radius 2 is 0.604 bits per heavy atom. The standard InChI is InChI=1S/C47H40O/c1-4-30-48-47-33(2)31-40(32-34(47)3)46-44(38-26-16-8-17-27-38)42(36-22-12-6-13-23-36)41(35-20-10-5-11-21-35)43(37-24-14-7-15-25-37)45(46)39-28-18-9-19-29-39/h5-29,31-32H,4,30H2,1-3H3. The number of rotatable bonds is 9. The molecule has 0 aromatic heterocycles. The molecule has 0 saturated heterocycles. The molecule has 0 radical (unpaired) electrons. The summed E-state index contributed by atoms with van der Waals surface area (Å²) in [5, 5.41) is 0. The molecule has 234 valence electrons. The van der Waals surface area contributed by atoms with Crippen LogP contribution in [0.1, 0.15) is 24.5 Å². The van der Waals surface area contributed by atoms with E-state index in [1.165, 1.54) is 66.8 Å². The van der Waals surface area contributed by atoms with Gasteiger partial charge in [0.25, 0.3) is 0 Å². The fraction of sp³-hybridized carbons (Fsp3) is 0.106. The van der Waals surface area contributed by atoms with Gasteiger partial charge < -0.3 is 4.74 Å². The topological polar surface area (TPSA) is 9.23 Å². The van der Waals surface area contributed by atoms with Gasteiger partial charge in [0.05, 0.1) is 6.61 Å². The zero-order valence-corrected chi connectivity index (χ0v) is 27.9. The van der Waals surface area contributed by atoms with Crippen LogP contribution in [-0.4, -0.2) is 6.61 Å². The molecule has 0 saturated carbocycles. The smallest absolute Gasteiger partial charge is 0.125 e. The van der Waals surface area contributed by atoms with Crippen molar-refractivity contribution in [2.75, 3.05) is 6.61 Å². The normalized spacial score (nSPS) is 11.0. The molecular weight excluding hydrogens is 581 g/mol. The molecule has 0 amide bonds. The molecule has 0 spiro atoms. The summed E-state index contributed by atoms with van der Waals surface area (Å²) in [6.07, 6.45) is 0.971. The molecule has 7 rings (SSSR count). The summed E-state index contributed by atoms with van der Waals surface area (Å²) in [6.45, 7) is 7.22. The molecule has 1 nitrogen and oxygen atoms in total. The molecule has 7 aromatic rings. The lowest BCUT2D eigenvalue weighted by Crippen LogP contribution is -2.03. The molecule has 7 aromatic carbocycles. The molecule has 0 N–H and O–H groups in total. The van der Waals surface area contributed by atoms with E-state index in [4.69, 9.17) is 4.74 Å². The number of benzene rings is 7. The molecule has 0 atom stereocenters. The molecule has 0 fully saturated rings. The molecule has 0 heterocycles. The van der Waals surface area contributed by atoms with Gasteiger partial charge in [0, 0.05) is 0 Å². The summed E-state index contributed by atoms with van der Waals surface area (Å²) >= 11 is 0. The molecule has 0 aliphatic carbocycles. The number of hydrogen-bond donors (Lipinski definition) is 0. The average Bonchev–Trinajstić information content (AvgIpc) is 3.15. The van der Waals surface area contributed by atoms with E-state index in [2.05, 4.69) is 185 Å². The highest BCUT2D eigenvalue weighted by Crippen LogP contribution is 2.56. The van der Waals surface area contributed by atoms with Gasteiger partial charge in [-0.1, -0.05) is 159 Å². The lowest BCUT2D eigenvalue weighted by atomic mass is 9.74. The average molecular weight is 621 g/mol. The Kier molecular flexibility index (Phi) is 9.03. The van der Waals surface area contributed by atoms with Gasteiger partial charge in [-0.3, -0.25) is 0 Å². The van der Waals surface area contributed by atoms with E-state index in [-0.39, 0.29) is 0 Å². The Labute approximate surface area is 285 Å². The van der Waals surface area contributed by atoms with E-state index in [9.17, 15) is 0 Å². The monoisotopic (exact) mass is 620 g/mol. The van der Waals surface area contributed by atoms with Gasteiger partial charge in [0.1, 0.15) is 5.75 Å². The minimum atomic E-state index is 0.702. The number of aryl methyl sites for hydroxylation is 2. The molecule has 0 aliphatic rings. The van der Waals surface area contributed by atoms with Gasteiger partial charge >= 0.3 is 0 Å². The largest absolute Gasteiger partial charge is 0.493 e. The third kappa shape index (κ3) is 5.96. The van der Waals surface area contributed by atoms with E-state index in [1.807, 2.05) is 0 Å². The van der Waals surface area contributed by atoms with Crippen molar-refractivity contribution >= 4 is 0 Å². The van der Waals surface area contributed by atoms with E-state index < -0.39 is 0 Å². The van der Waals surface area contributed by atoms with E-state index in [0.717, 1.165) is 23.3 Å². The van der Waals surface area contributed by atoms with Crippen LogP contribution >= 0.6 is 0 Å². The molecule has 0 unspecified atom stereocenters. The first-order chi connectivity index (χ1) is 23.7. The van der Waals surface area contributed by atoms with Crippen LogP contribution in [0, 0.1) is 13.8 Å². The van der Waals surface area contributed by atoms with Gasteiger partial charge in [0.2, 0.25) is 0 Å². The molecule has 48 heavy (non-hydrogen) atoms. The summed E-state index contributed by atoms with van der Waals surface area (Å²) in [7, 11) is 0. The zero-order valence-electron chi connectivity index (χ0n) is 27.9. The summed E-state index contributed by atoms with van der Waals surface area (Å²) in [5.41, 5.74) is 16.7. The van der Waals surface area contributed by atoms with E-state index in [0.29, 0.717) is 6.61 Å². The lowest BCUT2D eigenvalue weighted by molar-refractivity contribution is 0.313. The van der Waals surface area contributed by atoms with Crippen molar-refractivity contribution in [3.05, 3.63) is 175 Å². The van der Waals surface area contributed by atoms with Crippen molar-refractivity contribution in [2.24, 2.45) is 0 Å². The first kappa shape index (κ1) is 31.0. The van der Waals surface area contributed by atoms with Gasteiger partial charge in [-0.15, -0.1) is 0 Å². The summed E-state index contributed by atoms with van der Waals surface area (Å²) in [6, 6.07) is 59.3. The Morgan fingerprint density at radius 1 is 0.354 bits per heavy atom. The SMILES string of the molecule is CCCOc1c(C)cc(-c2c(-c3ccccc3)c(-c3ccccc3)c(-c3ccccc3)c(-c3ccccc3)c2-c2ccccc2)cc1C. The van der Waals surface area contributed by atoms with Gasteiger partial charge in [-0.25, -0.2) is 0 Å². The third-order valence-corrected chi connectivity index (χ3v) is 9.01. The Bertz CT molecular complexity index is 2010. The maximum absolute atomic E-state index is 6.30. The summed E-state index contributed by atoms with van der Waals surface area (Å²) in [5.74, 6) is 0.982. The summed E-state index contributed by atoms with van der Waals surface area (Å²) in [4.78, 5) is 0. The second-order valence-electron chi connectivity index (χ2n) is 12.4. The first-order valence-electron chi connectivity index (χ1n) is 16.9. The minimum absolute atomic E-state index is 0.702. The molecule has 0 aliphatic heterocycles. The fourth-order valence-corrected chi connectivity index (χ4v) is 7.03. The van der Waals surface area contributed by atoms with Crippen LogP contribution in [0.5, 0.6) is 5.75 Å². The number of hydrogen-bond acceptors (Lipinski definition) is 1. The first-order valence-corrected chi connectivity index (χ1v) is 16.9. The highest BCUT2D eigenvalue weighted by atomic mass is 16.5. The van der Waals surface area contributed by atoms with Crippen LogP contribution in [0.25, 0.3) is 66.8 Å². The minimum Gasteiger partial charge on any atom is -0.493 e. The quantitative estimate of drug-likeness (QED) is 0.156. The van der Waals surface area contributed by atoms with Crippen LogP contribution in [0.3, 0.4) is 0 Å². The molecular formula is C47H40O. The van der Waals surface area contributed by atoms with Gasteiger partial charge in [0.15, 0.2) is 0 Å². The lowest BCUT2D eigenvalue weighted by Gasteiger charge is -2.29. The fourth-order valence-electron chi connectivity index (χ4n) is 7.03. The second kappa shape index (κ2) is 14.0. The van der Waals surface area contributed by atoms with E-state index in [1.54, 1.807) is 0 Å². The van der Waals surface area contributed by atoms with Crippen LogP contribution < -0.4 is 4.74 Å². The number of ether oxygens (including phenoxy) is 1. The van der Waals surface area contributed by atoms with Crippen molar-refractivity contribution in [2.45, 2.75) is 27.2 Å². The highest BCUT2D eigenvalue weighted by molar-refractivity contribution is 6.15. The summed E-state index contributed by atoms with van der Waals surface area (Å²) < 4.78 is 6.30. The van der Waals surface area contributed by atoms with Crippen LogP contribution in [-0.2, 0) is 0 Å². The van der Waals surface area contributed by atoms with Gasteiger partial charge in [-0.2, -0.15) is 0 Å². The van der Waals surface area contributed by atoms with Crippen molar-refractivity contribution in [1.82, 2.24) is 0 Å². The highest BCUT2D eigenvalue weighted by Gasteiger charge is 2.29. The van der Waals surface area contributed by atoms with E-state index >= 15 is 0 Å². The maximum Gasteiger partial charge on any atom is 0.125 e. The predicted molar refractivity (Wildman–Crippen MR) is 204 cm³/mol. The Morgan fingerprint density at radius 3 is 0.854 bits per heavy atom. The van der Waals surface area contributed by atoms with Crippen molar-refractivity contribution in [3.63, 3.8) is 0 Å². The third-order valence-electron chi connectivity index (χ3n) is 9.01. The zero-order chi connectivity index (χ0) is 32.9. The predicted octanol–water partition coefficient (Wildman–Crippen LogP) is 13.1. The Balaban J connectivity index is 1.77. The van der Waals surface area contributed by atoms with Crippen molar-refractivity contribution in [1.29, 1.82) is 0 Å². The molecule has 1 heteroatoms. The van der Waals surface area contributed by atoms with Crippen molar-refractivity contribution in [3.8, 4) is 72.5 Å². The van der Waals surface area contributed by atoms with Crippen molar-refractivity contribution < 1.29 is 4.74 Å². The Hall–Kier alpha value is -5.66. The second-order valence-corrected chi connectivity index (χ2v) is 12.4. The maximum atomic E-state index is 6.30. The van der Waals surface area contributed by atoms with Gasteiger partial charge in [-0.05, 0) is 110 Å². The molecule has 0 bridgehead atoms. The van der Waals surface area contributed by atoms with Crippen LogP contribution in [0.15, 0.2) is 164 Å².